The third-order valence-corrected chi connectivity index (χ3v) is 4.59. The van der Waals surface area contributed by atoms with Crippen molar-refractivity contribution in [3.63, 3.8) is 0 Å². The number of nitrogens with one attached hydrogen (secondary N) is 1. The normalized spacial score (nSPS) is 19.5. The molecule has 118 valence electrons. The molecule has 0 spiro atoms. The Balaban J connectivity index is 1.59. The van der Waals surface area contributed by atoms with Gasteiger partial charge in [0, 0.05) is 37.6 Å². The van der Waals surface area contributed by atoms with Gasteiger partial charge in [0.25, 0.3) is 0 Å². The van der Waals surface area contributed by atoms with Gasteiger partial charge < -0.3 is 4.98 Å². The number of likely N-dealkylation sites (tertiary alicyclic amines) is 1. The van der Waals surface area contributed by atoms with Crippen LogP contribution in [0.3, 0.4) is 0 Å². The van der Waals surface area contributed by atoms with Gasteiger partial charge in [-0.1, -0.05) is 13.0 Å². The highest BCUT2D eigenvalue weighted by Gasteiger charge is 2.21. The number of hydrogen-bond donors (Lipinski definition) is 1. The molecule has 2 aromatic heterocycles. The number of aromatic amines is 1. The molecule has 1 N–H and O–H groups in total. The summed E-state index contributed by atoms with van der Waals surface area (Å²) < 4.78 is 0. The van der Waals surface area contributed by atoms with Crippen molar-refractivity contribution in [1.29, 1.82) is 0 Å². The molecule has 0 radical (unpaired) electrons. The molecular formula is C18H26N4. The first-order chi connectivity index (χ1) is 10.7. The maximum atomic E-state index is 4.72. The van der Waals surface area contributed by atoms with E-state index in [9.17, 15) is 0 Å². The molecule has 0 bridgehead atoms. The zero-order chi connectivity index (χ0) is 15.4. The van der Waals surface area contributed by atoms with Crippen molar-refractivity contribution in [2.24, 2.45) is 5.92 Å². The zero-order valence-electron chi connectivity index (χ0n) is 13.7. The van der Waals surface area contributed by atoms with E-state index in [1.807, 2.05) is 18.5 Å². The number of piperidine rings is 1. The Morgan fingerprint density at radius 1 is 1.41 bits per heavy atom. The van der Waals surface area contributed by atoms with Crippen LogP contribution in [0.2, 0.25) is 0 Å². The summed E-state index contributed by atoms with van der Waals surface area (Å²) >= 11 is 0. The van der Waals surface area contributed by atoms with Crippen LogP contribution >= 0.6 is 0 Å². The lowest BCUT2D eigenvalue weighted by Crippen LogP contribution is -2.36. The van der Waals surface area contributed by atoms with Crippen LogP contribution in [0.15, 0.2) is 24.5 Å². The van der Waals surface area contributed by atoms with Crippen LogP contribution in [-0.4, -0.2) is 32.9 Å². The second kappa shape index (κ2) is 7.05. The second-order valence-electron chi connectivity index (χ2n) is 6.42. The molecule has 0 aromatic carbocycles. The lowest BCUT2D eigenvalue weighted by atomic mass is 9.92. The van der Waals surface area contributed by atoms with Crippen LogP contribution in [0.5, 0.6) is 0 Å². The fourth-order valence-corrected chi connectivity index (χ4v) is 3.41. The first kappa shape index (κ1) is 15.2. The molecule has 1 atom stereocenters. The van der Waals surface area contributed by atoms with Crippen molar-refractivity contribution in [1.82, 2.24) is 19.9 Å². The molecule has 22 heavy (non-hydrogen) atoms. The SMILES string of the molecule is CCc1nc(CN2CCC[C@@H](Cc3cccnc3)C2)c(C)[nH]1. The number of aromatic nitrogens is 3. The van der Waals surface area contributed by atoms with Crippen molar-refractivity contribution in [3.8, 4) is 0 Å². The van der Waals surface area contributed by atoms with Crippen molar-refractivity contribution in [2.45, 2.75) is 46.1 Å². The van der Waals surface area contributed by atoms with E-state index in [0.717, 1.165) is 31.1 Å². The summed E-state index contributed by atoms with van der Waals surface area (Å²) in [6.07, 6.45) is 8.58. The smallest absolute Gasteiger partial charge is 0.106 e. The average molecular weight is 298 g/mol. The maximum absolute atomic E-state index is 4.72. The van der Waals surface area contributed by atoms with Gasteiger partial charge in [0.15, 0.2) is 0 Å². The number of hydrogen-bond acceptors (Lipinski definition) is 3. The first-order valence-electron chi connectivity index (χ1n) is 8.40. The number of imidazole rings is 1. The van der Waals surface area contributed by atoms with Crippen LogP contribution in [0.25, 0.3) is 0 Å². The van der Waals surface area contributed by atoms with E-state index in [0.29, 0.717) is 0 Å². The molecule has 0 unspecified atom stereocenters. The molecule has 0 amide bonds. The highest BCUT2D eigenvalue weighted by Crippen LogP contribution is 2.22. The number of nitrogens with zero attached hydrogens (tertiary/aromatic N) is 3. The molecule has 4 heteroatoms. The minimum atomic E-state index is 0.739. The van der Waals surface area contributed by atoms with Gasteiger partial charge in [-0.15, -0.1) is 0 Å². The fourth-order valence-electron chi connectivity index (χ4n) is 3.41. The maximum Gasteiger partial charge on any atom is 0.106 e. The number of aryl methyl sites for hydroxylation is 2. The van der Waals surface area contributed by atoms with Crippen LogP contribution < -0.4 is 0 Å². The van der Waals surface area contributed by atoms with E-state index in [-0.39, 0.29) is 0 Å². The molecule has 2 aromatic rings. The molecule has 3 rings (SSSR count). The van der Waals surface area contributed by atoms with E-state index in [2.05, 4.69) is 34.8 Å². The van der Waals surface area contributed by atoms with Gasteiger partial charge in [-0.2, -0.15) is 0 Å². The van der Waals surface area contributed by atoms with E-state index < -0.39 is 0 Å². The standard InChI is InChI=1S/C18H26N4/c1-3-18-20-14(2)17(21-18)13-22-9-5-7-16(12-22)10-15-6-4-8-19-11-15/h4,6,8,11,16H,3,5,7,9-10,12-13H2,1-2H3,(H,20,21)/t16-/m0/s1. The van der Waals surface area contributed by atoms with E-state index in [4.69, 9.17) is 4.98 Å². The Bertz CT molecular complexity index is 590. The van der Waals surface area contributed by atoms with Crippen molar-refractivity contribution >= 4 is 0 Å². The van der Waals surface area contributed by atoms with Gasteiger partial charge in [-0.25, -0.2) is 4.98 Å². The third-order valence-electron chi connectivity index (χ3n) is 4.59. The monoisotopic (exact) mass is 298 g/mol. The molecule has 4 nitrogen and oxygen atoms in total. The Kier molecular flexibility index (Phi) is 4.88. The first-order valence-corrected chi connectivity index (χ1v) is 8.40. The summed E-state index contributed by atoms with van der Waals surface area (Å²) in [4.78, 5) is 14.9. The highest BCUT2D eigenvalue weighted by atomic mass is 15.1. The summed E-state index contributed by atoms with van der Waals surface area (Å²) in [7, 11) is 0. The lowest BCUT2D eigenvalue weighted by molar-refractivity contribution is 0.165. The van der Waals surface area contributed by atoms with Crippen LogP contribution in [0.1, 0.15) is 42.5 Å². The minimum Gasteiger partial charge on any atom is -0.346 e. The molecular weight excluding hydrogens is 272 g/mol. The third kappa shape index (κ3) is 3.74. The summed E-state index contributed by atoms with van der Waals surface area (Å²) in [5.41, 5.74) is 3.81. The van der Waals surface area contributed by atoms with Gasteiger partial charge in [0.2, 0.25) is 0 Å². The fraction of sp³-hybridized carbons (Fsp3) is 0.556. The van der Waals surface area contributed by atoms with Crippen LogP contribution in [0.4, 0.5) is 0 Å². The van der Waals surface area contributed by atoms with Crippen molar-refractivity contribution in [3.05, 3.63) is 47.3 Å². The quantitative estimate of drug-likeness (QED) is 0.922. The average Bonchev–Trinajstić information content (AvgIpc) is 2.89. The Morgan fingerprint density at radius 2 is 2.32 bits per heavy atom. The summed E-state index contributed by atoms with van der Waals surface area (Å²) in [6, 6.07) is 4.23. The molecule has 1 saturated heterocycles. The zero-order valence-corrected chi connectivity index (χ0v) is 13.7. The van der Waals surface area contributed by atoms with E-state index in [1.165, 1.54) is 42.9 Å². The molecule has 0 aliphatic carbocycles. The van der Waals surface area contributed by atoms with Crippen LogP contribution in [-0.2, 0) is 19.4 Å². The summed E-state index contributed by atoms with van der Waals surface area (Å²) in [6.45, 7) is 7.62. The predicted octanol–water partition coefficient (Wildman–Crippen LogP) is 3.13. The van der Waals surface area contributed by atoms with Gasteiger partial charge in [-0.05, 0) is 50.3 Å². The summed E-state index contributed by atoms with van der Waals surface area (Å²) in [5, 5.41) is 0. The number of H-pyrrole nitrogens is 1. The van der Waals surface area contributed by atoms with Crippen molar-refractivity contribution in [2.75, 3.05) is 13.1 Å². The Hall–Kier alpha value is -1.68. The Morgan fingerprint density at radius 3 is 3.05 bits per heavy atom. The second-order valence-corrected chi connectivity index (χ2v) is 6.42. The van der Waals surface area contributed by atoms with E-state index >= 15 is 0 Å². The van der Waals surface area contributed by atoms with Crippen molar-refractivity contribution < 1.29 is 0 Å². The summed E-state index contributed by atoms with van der Waals surface area (Å²) in [5.74, 6) is 1.85. The Labute approximate surface area is 133 Å². The highest BCUT2D eigenvalue weighted by molar-refractivity contribution is 5.13. The minimum absolute atomic E-state index is 0.739. The molecule has 3 heterocycles. The largest absolute Gasteiger partial charge is 0.346 e. The van der Waals surface area contributed by atoms with Gasteiger partial charge in [0.05, 0.1) is 5.69 Å². The molecule has 1 aliphatic rings. The molecule has 1 fully saturated rings. The molecule has 1 aliphatic heterocycles. The van der Waals surface area contributed by atoms with Gasteiger partial charge in [0.1, 0.15) is 5.82 Å². The topological polar surface area (TPSA) is 44.8 Å². The van der Waals surface area contributed by atoms with Gasteiger partial charge >= 0.3 is 0 Å². The number of rotatable bonds is 5. The molecule has 0 saturated carbocycles. The number of pyridine rings is 1. The van der Waals surface area contributed by atoms with E-state index in [1.54, 1.807) is 0 Å². The predicted molar refractivity (Wildman–Crippen MR) is 88.6 cm³/mol. The van der Waals surface area contributed by atoms with Gasteiger partial charge in [-0.3, -0.25) is 9.88 Å². The van der Waals surface area contributed by atoms with Crippen LogP contribution in [0, 0.1) is 12.8 Å². The lowest BCUT2D eigenvalue weighted by Gasteiger charge is -2.32.